The fourth-order valence-electron chi connectivity index (χ4n) is 2.03. The van der Waals surface area contributed by atoms with E-state index in [2.05, 4.69) is 26.5 Å². The van der Waals surface area contributed by atoms with Crippen LogP contribution in [0.2, 0.25) is 0 Å². The van der Waals surface area contributed by atoms with E-state index in [9.17, 15) is 0 Å². The van der Waals surface area contributed by atoms with Crippen LogP contribution in [0.5, 0.6) is 0 Å². The highest BCUT2D eigenvalue weighted by atomic mass is 14.5. The minimum Gasteiger partial charge on any atom is -0.0995 e. The van der Waals surface area contributed by atoms with E-state index in [0.29, 0.717) is 0 Å². The lowest BCUT2D eigenvalue weighted by molar-refractivity contribution is 0.602. The van der Waals surface area contributed by atoms with Crippen LogP contribution in [0, 0.1) is 17.8 Å². The summed E-state index contributed by atoms with van der Waals surface area (Å²) in [7, 11) is 0. The minimum atomic E-state index is 0.719. The van der Waals surface area contributed by atoms with Crippen LogP contribution in [-0.2, 0) is 0 Å². The first-order valence-electron chi connectivity index (χ1n) is 4.07. The molecule has 0 radical (unpaired) electrons. The van der Waals surface area contributed by atoms with Crippen molar-refractivity contribution in [2.75, 3.05) is 0 Å². The summed E-state index contributed by atoms with van der Waals surface area (Å²) in [4.78, 5) is 0. The molecule has 0 saturated heterocycles. The van der Waals surface area contributed by atoms with Crippen molar-refractivity contribution in [2.24, 2.45) is 17.8 Å². The maximum absolute atomic E-state index is 3.97. The molecule has 0 heterocycles. The molecular weight excluding hydrogens is 120 g/mol. The largest absolute Gasteiger partial charge is 0.0995 e. The van der Waals surface area contributed by atoms with Crippen LogP contribution in [0.1, 0.15) is 20.3 Å². The van der Waals surface area contributed by atoms with Gasteiger partial charge in [-0.05, 0) is 31.1 Å². The number of hydrogen-bond acceptors (Lipinski definition) is 0. The van der Waals surface area contributed by atoms with Gasteiger partial charge in [0.05, 0.1) is 0 Å². The van der Waals surface area contributed by atoms with Crippen molar-refractivity contribution in [3.63, 3.8) is 0 Å². The summed E-state index contributed by atoms with van der Waals surface area (Å²) in [5, 5.41) is 0. The fourth-order valence-corrected chi connectivity index (χ4v) is 2.03. The Kier molecular flexibility index (Phi) is 1.08. The number of rotatable bonds is 1. The molecule has 2 rings (SSSR count). The molecule has 0 spiro atoms. The maximum Gasteiger partial charge on any atom is -0.00199 e. The first-order valence-corrected chi connectivity index (χ1v) is 4.07. The van der Waals surface area contributed by atoms with Crippen molar-refractivity contribution >= 4 is 0 Å². The van der Waals surface area contributed by atoms with Gasteiger partial charge in [-0.25, -0.2) is 0 Å². The Bertz CT molecular complexity index is 210. The molecular formula is C10H14. The van der Waals surface area contributed by atoms with Crippen LogP contribution >= 0.6 is 0 Å². The van der Waals surface area contributed by atoms with Gasteiger partial charge >= 0.3 is 0 Å². The van der Waals surface area contributed by atoms with Gasteiger partial charge in [0.2, 0.25) is 0 Å². The highest BCUT2D eigenvalue weighted by Crippen LogP contribution is 2.55. The summed E-state index contributed by atoms with van der Waals surface area (Å²) in [5.41, 5.74) is 3.04. The number of fused-ring (bicyclic) bond motifs is 1. The third-order valence-electron chi connectivity index (χ3n) is 2.98. The van der Waals surface area contributed by atoms with Crippen LogP contribution in [0.25, 0.3) is 0 Å². The Morgan fingerprint density at radius 2 is 2.40 bits per heavy atom. The molecule has 0 N–H and O–H groups in total. The first-order chi connectivity index (χ1) is 4.70. The Hall–Kier alpha value is -0.520. The normalized spacial score (nSPS) is 42.6. The smallest absolute Gasteiger partial charge is 0.00199 e. The van der Waals surface area contributed by atoms with Gasteiger partial charge in [0.1, 0.15) is 0 Å². The quantitative estimate of drug-likeness (QED) is 0.484. The van der Waals surface area contributed by atoms with E-state index < -0.39 is 0 Å². The molecule has 0 amide bonds. The summed E-state index contributed by atoms with van der Waals surface area (Å²) >= 11 is 0. The van der Waals surface area contributed by atoms with E-state index in [4.69, 9.17) is 0 Å². The van der Waals surface area contributed by atoms with Gasteiger partial charge in [0.25, 0.3) is 0 Å². The second kappa shape index (κ2) is 1.75. The first kappa shape index (κ1) is 6.21. The van der Waals surface area contributed by atoms with E-state index in [1.54, 1.807) is 5.57 Å². The molecule has 2 aliphatic carbocycles. The minimum absolute atomic E-state index is 0.719. The lowest BCUT2D eigenvalue weighted by atomic mass is 9.97. The fraction of sp³-hybridized carbons (Fsp3) is 0.600. The highest BCUT2D eigenvalue weighted by Gasteiger charge is 2.45. The second-order valence-electron chi connectivity index (χ2n) is 3.75. The SMILES string of the molecule is C=C(C)C1C=C2C(C)C2C1. The maximum atomic E-state index is 3.97. The molecule has 2 aliphatic rings. The molecule has 3 atom stereocenters. The summed E-state index contributed by atoms with van der Waals surface area (Å²) < 4.78 is 0. The predicted molar refractivity (Wildman–Crippen MR) is 43.7 cm³/mol. The average molecular weight is 134 g/mol. The molecule has 1 saturated carbocycles. The number of hydrogen-bond donors (Lipinski definition) is 0. The van der Waals surface area contributed by atoms with Gasteiger partial charge in [0.15, 0.2) is 0 Å². The lowest BCUT2D eigenvalue weighted by Crippen LogP contribution is -1.96. The Labute approximate surface area is 62.6 Å². The predicted octanol–water partition coefficient (Wildman–Crippen LogP) is 2.77. The second-order valence-corrected chi connectivity index (χ2v) is 3.75. The van der Waals surface area contributed by atoms with E-state index >= 15 is 0 Å². The van der Waals surface area contributed by atoms with E-state index in [0.717, 1.165) is 17.8 Å². The molecule has 0 aliphatic heterocycles. The summed E-state index contributed by atoms with van der Waals surface area (Å²) in [6.07, 6.45) is 3.78. The molecule has 0 nitrogen and oxygen atoms in total. The van der Waals surface area contributed by atoms with Crippen molar-refractivity contribution in [1.29, 1.82) is 0 Å². The van der Waals surface area contributed by atoms with Crippen molar-refractivity contribution < 1.29 is 0 Å². The van der Waals surface area contributed by atoms with Gasteiger partial charge in [-0.15, -0.1) is 0 Å². The zero-order valence-corrected chi connectivity index (χ0v) is 6.72. The van der Waals surface area contributed by atoms with Crippen LogP contribution in [0.4, 0.5) is 0 Å². The van der Waals surface area contributed by atoms with Gasteiger partial charge in [-0.1, -0.05) is 30.7 Å². The van der Waals surface area contributed by atoms with Crippen LogP contribution in [0.3, 0.4) is 0 Å². The van der Waals surface area contributed by atoms with Crippen molar-refractivity contribution in [1.82, 2.24) is 0 Å². The zero-order valence-electron chi connectivity index (χ0n) is 6.72. The van der Waals surface area contributed by atoms with Crippen molar-refractivity contribution in [3.05, 3.63) is 23.8 Å². The molecule has 0 heteroatoms. The molecule has 10 heavy (non-hydrogen) atoms. The average Bonchev–Trinajstić information content (AvgIpc) is 2.38. The van der Waals surface area contributed by atoms with Crippen LogP contribution < -0.4 is 0 Å². The Morgan fingerprint density at radius 3 is 2.80 bits per heavy atom. The molecule has 0 aromatic rings. The monoisotopic (exact) mass is 134 g/mol. The zero-order chi connectivity index (χ0) is 7.30. The molecule has 0 aromatic heterocycles. The van der Waals surface area contributed by atoms with Gasteiger partial charge in [-0.3, -0.25) is 0 Å². The Balaban J connectivity index is 2.11. The van der Waals surface area contributed by atoms with Crippen LogP contribution in [-0.4, -0.2) is 0 Å². The Morgan fingerprint density at radius 1 is 1.70 bits per heavy atom. The topological polar surface area (TPSA) is 0 Å². The van der Waals surface area contributed by atoms with Crippen LogP contribution in [0.15, 0.2) is 23.8 Å². The lowest BCUT2D eigenvalue weighted by Gasteiger charge is -2.07. The molecule has 0 bridgehead atoms. The van der Waals surface area contributed by atoms with Crippen molar-refractivity contribution in [3.8, 4) is 0 Å². The molecule has 54 valence electrons. The summed E-state index contributed by atoms with van der Waals surface area (Å²) in [5.74, 6) is 2.58. The third-order valence-corrected chi connectivity index (χ3v) is 2.98. The van der Waals surface area contributed by atoms with Crippen molar-refractivity contribution in [2.45, 2.75) is 20.3 Å². The van der Waals surface area contributed by atoms with Gasteiger partial charge in [0, 0.05) is 0 Å². The van der Waals surface area contributed by atoms with E-state index in [1.165, 1.54) is 12.0 Å². The molecule has 1 fully saturated rings. The molecule has 0 aromatic carbocycles. The van der Waals surface area contributed by atoms with E-state index in [1.807, 2.05) is 0 Å². The standard InChI is InChI=1S/C10H14/c1-6(2)8-4-9-7(3)10(9)5-8/h4,7-8,10H,1,5H2,2-3H3. The van der Waals surface area contributed by atoms with Gasteiger partial charge < -0.3 is 0 Å². The molecule has 3 unspecified atom stereocenters. The van der Waals surface area contributed by atoms with E-state index in [-0.39, 0.29) is 0 Å². The highest BCUT2D eigenvalue weighted by molar-refractivity contribution is 5.37. The van der Waals surface area contributed by atoms with Gasteiger partial charge in [-0.2, -0.15) is 0 Å². The third kappa shape index (κ3) is 0.681. The number of allylic oxidation sites excluding steroid dienone is 3. The summed E-state index contributed by atoms with van der Waals surface area (Å²) in [6.45, 7) is 8.43. The summed E-state index contributed by atoms with van der Waals surface area (Å²) in [6, 6.07) is 0.